The largest absolute Gasteiger partial charge is 0.494 e. The van der Waals surface area contributed by atoms with Gasteiger partial charge in [0.2, 0.25) is 0 Å². The Bertz CT molecular complexity index is 1340. The van der Waals surface area contributed by atoms with Gasteiger partial charge in [0.15, 0.2) is 17.2 Å². The number of benzene rings is 2. The first-order valence-corrected chi connectivity index (χ1v) is 10.4. The van der Waals surface area contributed by atoms with Crippen molar-refractivity contribution >= 4 is 5.97 Å². The normalized spacial score (nSPS) is 10.8. The topological polar surface area (TPSA) is 81.5 Å². The third-order valence-corrected chi connectivity index (χ3v) is 5.62. The molecule has 0 amide bonds. The second kappa shape index (κ2) is 10.6. The number of hydrogen-bond acceptors (Lipinski definition) is 5. The van der Waals surface area contributed by atoms with E-state index in [0.717, 1.165) is 39.4 Å². The van der Waals surface area contributed by atoms with E-state index in [-0.39, 0.29) is 25.8 Å². The number of aromatic nitrogens is 2. The van der Waals surface area contributed by atoms with Crippen molar-refractivity contribution in [2.24, 2.45) is 0 Å². The van der Waals surface area contributed by atoms with Crippen LogP contribution in [0, 0.1) is 33.8 Å². The molecule has 175 valence electrons. The summed E-state index contributed by atoms with van der Waals surface area (Å²) in [5.41, 5.74) is 5.43. The number of carboxylic acids is 1. The van der Waals surface area contributed by atoms with E-state index in [0.29, 0.717) is 17.2 Å². The molecule has 34 heavy (non-hydrogen) atoms. The van der Waals surface area contributed by atoms with Gasteiger partial charge < -0.3 is 19.6 Å². The number of rotatable bonds is 2. The first-order chi connectivity index (χ1) is 15.9. The fourth-order valence-electron chi connectivity index (χ4n) is 3.47. The van der Waals surface area contributed by atoms with Gasteiger partial charge in [-0.05, 0) is 68.3 Å². The van der Waals surface area contributed by atoms with Crippen LogP contribution in [0.15, 0.2) is 60.8 Å². The smallest absolute Gasteiger partial charge is 0.354 e. The quantitative estimate of drug-likeness (QED) is 0.226. The van der Waals surface area contributed by atoms with Gasteiger partial charge in [-0.3, -0.25) is 0 Å². The average molecular weight is 632 g/mol. The minimum absolute atomic E-state index is 0. The number of ether oxygens (including phenoxy) is 2. The number of hydrogen-bond donors (Lipinski definition) is 1. The molecule has 0 bridgehead atoms. The number of aromatic carboxylic acids is 1. The second-order valence-corrected chi connectivity index (χ2v) is 7.64. The van der Waals surface area contributed by atoms with Crippen molar-refractivity contribution in [3.63, 3.8) is 0 Å². The van der Waals surface area contributed by atoms with Gasteiger partial charge >= 0.3 is 5.97 Å². The summed E-state index contributed by atoms with van der Waals surface area (Å²) in [6.07, 6.45) is 1.75. The zero-order valence-electron chi connectivity index (χ0n) is 19.2. The number of para-hydroxylation sites is 2. The standard InChI is InChI=1S/C17H10NO2.C10H13NO2.Ir/c1-2-9-15-14(8-1)19-16-10-5-6-12(17(16)20-15)13-7-3-4-11-18-13;1-5-6(2)8(4)11-9(7(5)3)10(12)13;/h1-5,7-11H;1-4H3,(H,12,13);/q-1;;. The summed E-state index contributed by atoms with van der Waals surface area (Å²) in [5.74, 6) is 1.81. The van der Waals surface area contributed by atoms with Crippen molar-refractivity contribution < 1.29 is 39.5 Å². The van der Waals surface area contributed by atoms with Crippen LogP contribution in [0.3, 0.4) is 0 Å². The molecule has 0 saturated carbocycles. The van der Waals surface area contributed by atoms with E-state index in [2.05, 4.69) is 16.0 Å². The Balaban J connectivity index is 0.000000204. The minimum atomic E-state index is -0.955. The van der Waals surface area contributed by atoms with Gasteiger partial charge in [0.05, 0.1) is 11.5 Å². The Morgan fingerprint density at radius 3 is 2.18 bits per heavy atom. The minimum Gasteiger partial charge on any atom is -0.494 e. The number of nitrogens with zero attached hydrogens (tertiary/aromatic N) is 2. The summed E-state index contributed by atoms with van der Waals surface area (Å²) >= 11 is 0. The molecule has 6 nitrogen and oxygen atoms in total. The second-order valence-electron chi connectivity index (χ2n) is 7.64. The maximum absolute atomic E-state index is 10.8. The molecule has 1 radical (unpaired) electrons. The number of pyridine rings is 2. The molecule has 0 aliphatic carbocycles. The molecular weight excluding hydrogens is 609 g/mol. The van der Waals surface area contributed by atoms with Crippen molar-refractivity contribution in [3.05, 3.63) is 94.9 Å². The Kier molecular flexibility index (Phi) is 7.82. The molecular formula is C27H23IrN2O4-. The zero-order valence-corrected chi connectivity index (χ0v) is 21.6. The van der Waals surface area contributed by atoms with Crippen molar-refractivity contribution in [2.75, 3.05) is 0 Å². The van der Waals surface area contributed by atoms with Gasteiger partial charge in [0, 0.05) is 32.0 Å². The van der Waals surface area contributed by atoms with Gasteiger partial charge in [-0.2, -0.15) is 0 Å². The molecule has 1 aliphatic heterocycles. The Morgan fingerprint density at radius 2 is 1.53 bits per heavy atom. The number of aryl methyl sites for hydroxylation is 1. The summed E-state index contributed by atoms with van der Waals surface area (Å²) in [6.45, 7) is 7.49. The van der Waals surface area contributed by atoms with Crippen LogP contribution in [0.2, 0.25) is 0 Å². The van der Waals surface area contributed by atoms with E-state index in [1.165, 1.54) is 0 Å². The van der Waals surface area contributed by atoms with Crippen LogP contribution in [0.1, 0.15) is 32.9 Å². The van der Waals surface area contributed by atoms with E-state index in [1.54, 1.807) is 13.1 Å². The molecule has 0 unspecified atom stereocenters. The van der Waals surface area contributed by atoms with E-state index < -0.39 is 5.97 Å². The van der Waals surface area contributed by atoms with E-state index in [9.17, 15) is 4.79 Å². The van der Waals surface area contributed by atoms with Crippen molar-refractivity contribution in [3.8, 4) is 34.3 Å². The molecule has 0 fully saturated rings. The van der Waals surface area contributed by atoms with Gasteiger partial charge in [0.25, 0.3) is 0 Å². The van der Waals surface area contributed by atoms with Crippen LogP contribution in [-0.2, 0) is 20.1 Å². The molecule has 2 aromatic carbocycles. The summed E-state index contributed by atoms with van der Waals surface area (Å²) in [4.78, 5) is 19.2. The first-order valence-electron chi connectivity index (χ1n) is 10.4. The monoisotopic (exact) mass is 632 g/mol. The molecule has 5 rings (SSSR count). The number of carbonyl (C=O) groups is 1. The number of fused-ring (bicyclic) bond motifs is 2. The summed E-state index contributed by atoms with van der Waals surface area (Å²) in [6, 6.07) is 20.2. The van der Waals surface area contributed by atoms with Crippen LogP contribution in [0.4, 0.5) is 0 Å². The third kappa shape index (κ3) is 5.01. The van der Waals surface area contributed by atoms with E-state index in [1.807, 2.05) is 75.4 Å². The van der Waals surface area contributed by atoms with Crippen LogP contribution < -0.4 is 9.47 Å². The summed E-state index contributed by atoms with van der Waals surface area (Å²) < 4.78 is 11.8. The molecule has 0 saturated heterocycles. The van der Waals surface area contributed by atoms with Gasteiger partial charge in [-0.15, -0.1) is 12.1 Å². The van der Waals surface area contributed by atoms with E-state index >= 15 is 0 Å². The molecule has 7 heteroatoms. The fraction of sp³-hybridized carbons (Fsp3) is 0.148. The predicted octanol–water partition coefficient (Wildman–Crippen LogP) is 6.46. The molecule has 1 N–H and O–H groups in total. The van der Waals surface area contributed by atoms with Crippen LogP contribution in [0.25, 0.3) is 11.3 Å². The fourth-order valence-corrected chi connectivity index (χ4v) is 3.47. The SMILES string of the molecule is Cc1nc(C(=O)O)c(C)c(C)c1C.[Ir].[c-]1ccc2c(c1-c1ccccn1)Oc1ccccc1O2. The average Bonchev–Trinajstić information content (AvgIpc) is 2.84. The predicted molar refractivity (Wildman–Crippen MR) is 125 cm³/mol. The van der Waals surface area contributed by atoms with Gasteiger partial charge in [-0.1, -0.05) is 35.9 Å². The van der Waals surface area contributed by atoms with Crippen LogP contribution >= 0.6 is 0 Å². The third-order valence-electron chi connectivity index (χ3n) is 5.62. The maximum Gasteiger partial charge on any atom is 0.354 e. The number of carboxylic acid groups (broad SMARTS) is 1. The van der Waals surface area contributed by atoms with Crippen LogP contribution in [0.5, 0.6) is 23.0 Å². The molecule has 4 aromatic rings. The maximum atomic E-state index is 10.8. The summed E-state index contributed by atoms with van der Waals surface area (Å²) in [5, 5.41) is 8.84. The van der Waals surface area contributed by atoms with Gasteiger partial charge in [0.1, 0.15) is 0 Å². The molecule has 0 spiro atoms. The molecule has 1 aliphatic rings. The molecule has 2 aromatic heterocycles. The van der Waals surface area contributed by atoms with Crippen molar-refractivity contribution in [1.29, 1.82) is 0 Å². The van der Waals surface area contributed by atoms with Gasteiger partial charge in [-0.25, -0.2) is 9.78 Å². The van der Waals surface area contributed by atoms with Crippen LogP contribution in [-0.4, -0.2) is 21.0 Å². The first kappa shape index (κ1) is 25.1. The Morgan fingerprint density at radius 1 is 0.853 bits per heavy atom. The van der Waals surface area contributed by atoms with Crippen molar-refractivity contribution in [1.82, 2.24) is 9.97 Å². The zero-order chi connectivity index (χ0) is 23.5. The Hall–Kier alpha value is -3.54. The van der Waals surface area contributed by atoms with Crippen molar-refractivity contribution in [2.45, 2.75) is 27.7 Å². The molecule has 3 heterocycles. The summed E-state index contributed by atoms with van der Waals surface area (Å²) in [7, 11) is 0. The van der Waals surface area contributed by atoms with E-state index in [4.69, 9.17) is 14.6 Å². The Labute approximate surface area is 212 Å². The molecule has 0 atom stereocenters.